The predicted octanol–water partition coefficient (Wildman–Crippen LogP) is 2.39. The Balaban J connectivity index is 1.84. The fraction of sp³-hybridized carbons (Fsp3) is 0.556. The number of piperidine rings is 1. The van der Waals surface area contributed by atoms with E-state index in [0.717, 1.165) is 19.4 Å². The van der Waals surface area contributed by atoms with Crippen molar-refractivity contribution in [1.82, 2.24) is 10.2 Å². The van der Waals surface area contributed by atoms with Crippen LogP contribution in [0.1, 0.15) is 33.6 Å². The number of benzene rings is 1. The van der Waals surface area contributed by atoms with Gasteiger partial charge in [-0.1, -0.05) is 0 Å². The second-order valence-corrected chi connectivity index (χ2v) is 7.37. The average molecular weight is 335 g/mol. The second-order valence-electron chi connectivity index (χ2n) is 7.37. The number of carbonyl (C=O) groups is 2. The number of anilines is 1. The first-order chi connectivity index (χ1) is 11.2. The van der Waals surface area contributed by atoms with Crippen LogP contribution in [0.25, 0.3) is 0 Å². The first kappa shape index (κ1) is 18.4. The molecule has 1 unspecified atom stereocenters. The molecular weight excluding hydrogens is 309 g/mol. The number of amides is 2. The number of nitrogens with zero attached hydrogens (tertiary/aromatic N) is 1. The first-order valence-corrected chi connectivity index (χ1v) is 8.33. The Kier molecular flexibility index (Phi) is 5.94. The van der Waals surface area contributed by atoms with Gasteiger partial charge in [-0.25, -0.2) is 4.39 Å². The highest BCUT2D eigenvalue weighted by molar-refractivity contribution is 5.92. The molecule has 132 valence electrons. The second kappa shape index (κ2) is 7.75. The third kappa shape index (κ3) is 5.92. The van der Waals surface area contributed by atoms with E-state index in [4.69, 9.17) is 0 Å². The molecule has 0 aromatic heterocycles. The Morgan fingerprint density at radius 2 is 1.92 bits per heavy atom. The maximum atomic E-state index is 12.9. The van der Waals surface area contributed by atoms with Crippen LogP contribution in [0, 0.1) is 11.7 Å². The maximum absolute atomic E-state index is 12.9. The quantitative estimate of drug-likeness (QED) is 0.888. The van der Waals surface area contributed by atoms with Crippen molar-refractivity contribution >= 4 is 17.5 Å². The van der Waals surface area contributed by atoms with Gasteiger partial charge in [0.25, 0.3) is 0 Å². The summed E-state index contributed by atoms with van der Waals surface area (Å²) in [6.45, 7) is 7.50. The lowest BCUT2D eigenvalue weighted by atomic mass is 9.95. The van der Waals surface area contributed by atoms with Crippen LogP contribution in [0.15, 0.2) is 24.3 Å². The van der Waals surface area contributed by atoms with E-state index in [9.17, 15) is 14.0 Å². The Hall–Kier alpha value is -1.95. The molecule has 2 N–H and O–H groups in total. The minimum atomic E-state index is -0.336. The van der Waals surface area contributed by atoms with Crippen LogP contribution in [0.4, 0.5) is 10.1 Å². The van der Waals surface area contributed by atoms with Crippen LogP contribution in [-0.2, 0) is 9.59 Å². The van der Waals surface area contributed by atoms with Crippen molar-refractivity contribution in [2.45, 2.75) is 39.2 Å². The SMILES string of the molecule is CC(C)(C)NC(=O)C1CCCN(CC(=O)Nc2ccc(F)cc2)C1. The summed E-state index contributed by atoms with van der Waals surface area (Å²) in [4.78, 5) is 26.4. The van der Waals surface area contributed by atoms with E-state index < -0.39 is 0 Å². The van der Waals surface area contributed by atoms with Gasteiger partial charge in [0, 0.05) is 17.8 Å². The zero-order valence-corrected chi connectivity index (χ0v) is 14.6. The number of hydrogen-bond acceptors (Lipinski definition) is 3. The summed E-state index contributed by atoms with van der Waals surface area (Å²) in [5.41, 5.74) is 0.319. The van der Waals surface area contributed by atoms with Gasteiger partial charge in [-0.15, -0.1) is 0 Å². The molecule has 0 saturated carbocycles. The summed E-state index contributed by atoms with van der Waals surface area (Å²) >= 11 is 0. The molecule has 1 aromatic rings. The normalized spacial score (nSPS) is 18.9. The van der Waals surface area contributed by atoms with E-state index in [1.54, 1.807) is 0 Å². The smallest absolute Gasteiger partial charge is 0.238 e. The van der Waals surface area contributed by atoms with Crippen molar-refractivity contribution in [2.24, 2.45) is 5.92 Å². The summed E-state index contributed by atoms with van der Waals surface area (Å²) in [6.07, 6.45) is 1.74. The third-order valence-corrected chi connectivity index (χ3v) is 3.87. The summed E-state index contributed by atoms with van der Waals surface area (Å²) < 4.78 is 12.9. The lowest BCUT2D eigenvalue weighted by molar-refractivity contribution is -0.129. The van der Waals surface area contributed by atoms with Gasteiger partial charge in [0.1, 0.15) is 5.82 Å². The molecule has 1 aromatic carbocycles. The minimum Gasteiger partial charge on any atom is -0.351 e. The van der Waals surface area contributed by atoms with E-state index in [2.05, 4.69) is 10.6 Å². The molecule has 24 heavy (non-hydrogen) atoms. The highest BCUT2D eigenvalue weighted by Crippen LogP contribution is 2.18. The summed E-state index contributed by atoms with van der Waals surface area (Å²) in [5, 5.41) is 5.76. The molecule has 1 saturated heterocycles. The summed E-state index contributed by atoms with van der Waals surface area (Å²) in [6, 6.07) is 5.68. The van der Waals surface area contributed by atoms with Crippen LogP contribution < -0.4 is 10.6 Å². The number of carbonyl (C=O) groups excluding carboxylic acids is 2. The highest BCUT2D eigenvalue weighted by atomic mass is 19.1. The fourth-order valence-corrected chi connectivity index (χ4v) is 2.82. The van der Waals surface area contributed by atoms with E-state index in [-0.39, 0.29) is 35.6 Å². The molecule has 5 nitrogen and oxygen atoms in total. The van der Waals surface area contributed by atoms with Crippen LogP contribution >= 0.6 is 0 Å². The predicted molar refractivity (Wildman–Crippen MR) is 92.1 cm³/mol. The van der Waals surface area contributed by atoms with E-state index in [0.29, 0.717) is 12.2 Å². The molecule has 1 heterocycles. The van der Waals surface area contributed by atoms with Gasteiger partial charge in [0.15, 0.2) is 0 Å². The fourth-order valence-electron chi connectivity index (χ4n) is 2.82. The minimum absolute atomic E-state index is 0.0474. The molecule has 1 fully saturated rings. The standard InChI is InChI=1S/C18H26FN3O2/c1-18(2,3)21-17(24)13-5-4-10-22(11-13)12-16(23)20-15-8-6-14(19)7-9-15/h6-9,13H,4-5,10-12H2,1-3H3,(H,20,23)(H,21,24). The molecule has 1 atom stereocenters. The zero-order chi connectivity index (χ0) is 17.7. The monoisotopic (exact) mass is 335 g/mol. The summed E-state index contributed by atoms with van der Waals surface area (Å²) in [7, 11) is 0. The van der Waals surface area contributed by atoms with Crippen LogP contribution in [0.5, 0.6) is 0 Å². The molecule has 0 spiro atoms. The van der Waals surface area contributed by atoms with Gasteiger partial charge in [0.05, 0.1) is 12.5 Å². The van der Waals surface area contributed by atoms with Gasteiger partial charge >= 0.3 is 0 Å². The average Bonchev–Trinajstić information content (AvgIpc) is 2.48. The Morgan fingerprint density at radius 1 is 1.25 bits per heavy atom. The van der Waals surface area contributed by atoms with Crippen molar-refractivity contribution in [3.8, 4) is 0 Å². The molecule has 2 rings (SSSR count). The lowest BCUT2D eigenvalue weighted by Crippen LogP contribution is -2.49. The molecule has 1 aliphatic rings. The van der Waals surface area contributed by atoms with E-state index >= 15 is 0 Å². The van der Waals surface area contributed by atoms with Gasteiger partial charge in [0.2, 0.25) is 11.8 Å². The number of likely N-dealkylation sites (tertiary alicyclic amines) is 1. The number of rotatable bonds is 4. The molecule has 0 bridgehead atoms. The van der Waals surface area contributed by atoms with Gasteiger partial charge in [-0.3, -0.25) is 14.5 Å². The van der Waals surface area contributed by atoms with Crippen molar-refractivity contribution in [1.29, 1.82) is 0 Å². The Labute approximate surface area is 142 Å². The van der Waals surface area contributed by atoms with Crippen LogP contribution in [0.2, 0.25) is 0 Å². The Bertz CT molecular complexity index is 581. The zero-order valence-electron chi connectivity index (χ0n) is 14.6. The molecule has 2 amide bonds. The van der Waals surface area contributed by atoms with Crippen LogP contribution in [-0.4, -0.2) is 41.9 Å². The molecule has 1 aliphatic heterocycles. The van der Waals surface area contributed by atoms with Crippen LogP contribution in [0.3, 0.4) is 0 Å². The summed E-state index contributed by atoms with van der Waals surface area (Å²) in [5.74, 6) is -0.530. The Morgan fingerprint density at radius 3 is 2.54 bits per heavy atom. The van der Waals surface area contributed by atoms with Crippen molar-refractivity contribution < 1.29 is 14.0 Å². The van der Waals surface area contributed by atoms with Crippen molar-refractivity contribution in [3.63, 3.8) is 0 Å². The number of hydrogen-bond donors (Lipinski definition) is 2. The van der Waals surface area contributed by atoms with Crippen molar-refractivity contribution in [3.05, 3.63) is 30.1 Å². The molecule has 0 aliphatic carbocycles. The third-order valence-electron chi connectivity index (χ3n) is 3.87. The number of halogens is 1. The molecular formula is C18H26FN3O2. The molecule has 0 radical (unpaired) electrons. The molecule has 6 heteroatoms. The van der Waals surface area contributed by atoms with E-state index in [1.807, 2.05) is 25.7 Å². The van der Waals surface area contributed by atoms with E-state index in [1.165, 1.54) is 24.3 Å². The van der Waals surface area contributed by atoms with Gasteiger partial charge in [-0.2, -0.15) is 0 Å². The van der Waals surface area contributed by atoms with Gasteiger partial charge < -0.3 is 10.6 Å². The first-order valence-electron chi connectivity index (χ1n) is 8.33. The lowest BCUT2D eigenvalue weighted by Gasteiger charge is -2.33. The largest absolute Gasteiger partial charge is 0.351 e. The van der Waals surface area contributed by atoms with Crippen molar-refractivity contribution in [2.75, 3.05) is 25.0 Å². The topological polar surface area (TPSA) is 61.4 Å². The maximum Gasteiger partial charge on any atom is 0.238 e. The number of nitrogens with one attached hydrogen (secondary N) is 2. The van der Waals surface area contributed by atoms with Gasteiger partial charge in [-0.05, 0) is 64.4 Å². The highest BCUT2D eigenvalue weighted by Gasteiger charge is 2.28.